The average molecular weight is 264 g/mol. The maximum atomic E-state index is 3.50. The van der Waals surface area contributed by atoms with Crippen LogP contribution in [0, 0.1) is 5.92 Å². The Labute approximate surface area is 98.4 Å². The van der Waals surface area contributed by atoms with Crippen LogP contribution in [0.25, 0.3) is 0 Å². The van der Waals surface area contributed by atoms with Gasteiger partial charge in [-0.3, -0.25) is 0 Å². The molecule has 0 fully saturated rings. The summed E-state index contributed by atoms with van der Waals surface area (Å²) in [5.74, 6) is 0.866. The Balaban J connectivity index is 3.50. The summed E-state index contributed by atoms with van der Waals surface area (Å²) in [7, 11) is 0. The molecule has 14 heavy (non-hydrogen) atoms. The van der Waals surface area contributed by atoms with Crippen molar-refractivity contribution in [2.75, 3.05) is 25.0 Å². The fraction of sp³-hybridized carbons (Fsp3) is 1.00. The lowest BCUT2D eigenvalue weighted by Gasteiger charge is -2.21. The molecule has 0 saturated carbocycles. The molecule has 86 valence electrons. The zero-order valence-corrected chi connectivity index (χ0v) is 11.6. The molecule has 0 N–H and O–H groups in total. The Kier molecular flexibility index (Phi) is 10.3. The second-order valence-corrected chi connectivity index (χ2v) is 4.95. The lowest BCUT2D eigenvalue weighted by atomic mass is 10.1. The lowest BCUT2D eigenvalue weighted by Crippen LogP contribution is -2.26. The lowest BCUT2D eigenvalue weighted by molar-refractivity contribution is 0.262. The SMILES string of the molecule is CCCCN(CC)CCC(C)CCBr. The van der Waals surface area contributed by atoms with Crippen LogP contribution < -0.4 is 0 Å². The fourth-order valence-corrected chi connectivity index (χ4v) is 2.32. The topological polar surface area (TPSA) is 3.24 Å². The summed E-state index contributed by atoms with van der Waals surface area (Å²) >= 11 is 3.50. The Morgan fingerprint density at radius 1 is 1.14 bits per heavy atom. The molecule has 0 saturated heterocycles. The summed E-state index contributed by atoms with van der Waals surface area (Å²) in [4.78, 5) is 2.58. The van der Waals surface area contributed by atoms with E-state index in [-0.39, 0.29) is 0 Å². The second-order valence-electron chi connectivity index (χ2n) is 4.16. The van der Waals surface area contributed by atoms with Crippen LogP contribution in [0.5, 0.6) is 0 Å². The third kappa shape index (κ3) is 7.81. The van der Waals surface area contributed by atoms with E-state index in [1.807, 2.05) is 0 Å². The first kappa shape index (κ1) is 14.4. The number of halogens is 1. The van der Waals surface area contributed by atoms with E-state index in [1.54, 1.807) is 0 Å². The molecule has 1 unspecified atom stereocenters. The van der Waals surface area contributed by atoms with Crippen molar-refractivity contribution in [2.45, 2.75) is 46.5 Å². The van der Waals surface area contributed by atoms with Gasteiger partial charge < -0.3 is 4.90 Å². The number of hydrogen-bond donors (Lipinski definition) is 0. The first-order valence-corrected chi connectivity index (χ1v) is 7.15. The van der Waals surface area contributed by atoms with Gasteiger partial charge in [0.1, 0.15) is 0 Å². The van der Waals surface area contributed by atoms with Gasteiger partial charge in [0.2, 0.25) is 0 Å². The Bertz CT molecular complexity index is 117. The summed E-state index contributed by atoms with van der Waals surface area (Å²) in [6.07, 6.45) is 5.32. The number of alkyl halides is 1. The fourth-order valence-electron chi connectivity index (χ4n) is 1.54. The van der Waals surface area contributed by atoms with Gasteiger partial charge >= 0.3 is 0 Å². The summed E-state index contributed by atoms with van der Waals surface area (Å²) < 4.78 is 0. The molecular formula is C12H26BrN. The van der Waals surface area contributed by atoms with Gasteiger partial charge in [0, 0.05) is 5.33 Å². The molecule has 0 aliphatic carbocycles. The van der Waals surface area contributed by atoms with Crippen LogP contribution in [0.4, 0.5) is 0 Å². The molecule has 0 amide bonds. The first-order valence-electron chi connectivity index (χ1n) is 6.02. The predicted octanol–water partition coefficient (Wildman–Crippen LogP) is 3.92. The molecule has 0 aromatic heterocycles. The highest BCUT2D eigenvalue weighted by Gasteiger charge is 2.05. The van der Waals surface area contributed by atoms with Crippen LogP contribution in [-0.2, 0) is 0 Å². The largest absolute Gasteiger partial charge is 0.304 e. The molecule has 0 aliphatic rings. The number of hydrogen-bond acceptors (Lipinski definition) is 1. The number of unbranched alkanes of at least 4 members (excludes halogenated alkanes) is 1. The maximum Gasteiger partial charge on any atom is 0.00338 e. The standard InChI is InChI=1S/C12H26BrN/c1-4-6-10-14(5-2)11-8-12(3)7-9-13/h12H,4-11H2,1-3H3. The maximum absolute atomic E-state index is 3.50. The summed E-state index contributed by atoms with van der Waals surface area (Å²) in [6.45, 7) is 10.7. The van der Waals surface area contributed by atoms with Crippen LogP contribution in [0.3, 0.4) is 0 Å². The van der Waals surface area contributed by atoms with Gasteiger partial charge in [-0.05, 0) is 44.8 Å². The van der Waals surface area contributed by atoms with Crippen molar-refractivity contribution in [1.82, 2.24) is 4.90 Å². The van der Waals surface area contributed by atoms with Crippen molar-refractivity contribution >= 4 is 15.9 Å². The van der Waals surface area contributed by atoms with E-state index in [4.69, 9.17) is 0 Å². The minimum absolute atomic E-state index is 0.866. The van der Waals surface area contributed by atoms with Gasteiger partial charge in [0.05, 0.1) is 0 Å². The smallest absolute Gasteiger partial charge is 0.00338 e. The van der Waals surface area contributed by atoms with Crippen molar-refractivity contribution in [2.24, 2.45) is 5.92 Å². The molecule has 0 aromatic carbocycles. The van der Waals surface area contributed by atoms with E-state index >= 15 is 0 Å². The highest BCUT2D eigenvalue weighted by Crippen LogP contribution is 2.10. The van der Waals surface area contributed by atoms with Crippen LogP contribution in [0.2, 0.25) is 0 Å². The van der Waals surface area contributed by atoms with E-state index in [2.05, 4.69) is 41.6 Å². The highest BCUT2D eigenvalue weighted by molar-refractivity contribution is 9.09. The van der Waals surface area contributed by atoms with Gasteiger partial charge in [-0.25, -0.2) is 0 Å². The Hall–Kier alpha value is 0.440. The highest BCUT2D eigenvalue weighted by atomic mass is 79.9. The van der Waals surface area contributed by atoms with Crippen molar-refractivity contribution in [1.29, 1.82) is 0 Å². The Morgan fingerprint density at radius 3 is 2.36 bits per heavy atom. The first-order chi connectivity index (χ1) is 6.74. The molecule has 0 aliphatic heterocycles. The summed E-state index contributed by atoms with van der Waals surface area (Å²) in [5, 5.41) is 1.15. The van der Waals surface area contributed by atoms with E-state index in [0.717, 1.165) is 11.2 Å². The second kappa shape index (κ2) is 9.97. The van der Waals surface area contributed by atoms with E-state index in [0.29, 0.717) is 0 Å². The minimum atomic E-state index is 0.866. The molecule has 1 nitrogen and oxygen atoms in total. The van der Waals surface area contributed by atoms with Gasteiger partial charge in [0.15, 0.2) is 0 Å². The zero-order chi connectivity index (χ0) is 10.8. The summed E-state index contributed by atoms with van der Waals surface area (Å²) in [6, 6.07) is 0. The predicted molar refractivity (Wildman–Crippen MR) is 69.2 cm³/mol. The minimum Gasteiger partial charge on any atom is -0.304 e. The van der Waals surface area contributed by atoms with Gasteiger partial charge in [-0.15, -0.1) is 0 Å². The monoisotopic (exact) mass is 263 g/mol. The number of nitrogens with zero attached hydrogens (tertiary/aromatic N) is 1. The van der Waals surface area contributed by atoms with Crippen molar-refractivity contribution in [3.8, 4) is 0 Å². The zero-order valence-electron chi connectivity index (χ0n) is 10.1. The van der Waals surface area contributed by atoms with Crippen molar-refractivity contribution < 1.29 is 0 Å². The summed E-state index contributed by atoms with van der Waals surface area (Å²) in [5.41, 5.74) is 0. The molecule has 1 atom stereocenters. The van der Waals surface area contributed by atoms with Gasteiger partial charge in [-0.2, -0.15) is 0 Å². The van der Waals surface area contributed by atoms with E-state index in [1.165, 1.54) is 45.3 Å². The van der Waals surface area contributed by atoms with Gasteiger partial charge in [-0.1, -0.05) is 43.1 Å². The van der Waals surface area contributed by atoms with Crippen LogP contribution in [0.1, 0.15) is 46.5 Å². The molecule has 0 aromatic rings. The van der Waals surface area contributed by atoms with Crippen molar-refractivity contribution in [3.05, 3.63) is 0 Å². The molecule has 0 heterocycles. The molecule has 0 radical (unpaired) electrons. The normalized spacial score (nSPS) is 13.5. The molecule has 2 heteroatoms. The quantitative estimate of drug-likeness (QED) is 0.570. The molecule has 0 spiro atoms. The van der Waals surface area contributed by atoms with Gasteiger partial charge in [0.25, 0.3) is 0 Å². The Morgan fingerprint density at radius 2 is 1.86 bits per heavy atom. The van der Waals surface area contributed by atoms with Crippen molar-refractivity contribution in [3.63, 3.8) is 0 Å². The molecular weight excluding hydrogens is 238 g/mol. The number of rotatable bonds is 9. The van der Waals surface area contributed by atoms with Crippen LogP contribution >= 0.6 is 15.9 Å². The average Bonchev–Trinajstić information content (AvgIpc) is 2.19. The van der Waals surface area contributed by atoms with E-state index < -0.39 is 0 Å². The molecule has 0 rings (SSSR count). The van der Waals surface area contributed by atoms with Crippen LogP contribution in [0.15, 0.2) is 0 Å². The van der Waals surface area contributed by atoms with Crippen LogP contribution in [-0.4, -0.2) is 29.9 Å². The van der Waals surface area contributed by atoms with E-state index in [9.17, 15) is 0 Å². The molecule has 0 bridgehead atoms. The third-order valence-corrected chi connectivity index (χ3v) is 3.27. The third-order valence-electron chi connectivity index (χ3n) is 2.82.